The highest BCUT2D eigenvalue weighted by Gasteiger charge is 2.21. The summed E-state index contributed by atoms with van der Waals surface area (Å²) in [6.45, 7) is 5.19. The summed E-state index contributed by atoms with van der Waals surface area (Å²) in [5.74, 6) is -0.154. The number of aryl methyl sites for hydroxylation is 1. The Morgan fingerprint density at radius 1 is 1.39 bits per heavy atom. The van der Waals surface area contributed by atoms with E-state index in [1.54, 1.807) is 10.3 Å². The van der Waals surface area contributed by atoms with E-state index in [1.165, 1.54) is 11.3 Å². The van der Waals surface area contributed by atoms with Gasteiger partial charge in [0.15, 0.2) is 0 Å². The van der Waals surface area contributed by atoms with Crippen molar-refractivity contribution in [2.45, 2.75) is 26.4 Å². The van der Waals surface area contributed by atoms with Crippen LogP contribution in [0.15, 0.2) is 29.6 Å². The summed E-state index contributed by atoms with van der Waals surface area (Å²) in [6, 6.07) is 7.69. The van der Waals surface area contributed by atoms with E-state index < -0.39 is 6.10 Å². The Morgan fingerprint density at radius 2 is 2.09 bits per heavy atom. The van der Waals surface area contributed by atoms with Gasteiger partial charge in [0.2, 0.25) is 0 Å². The average Bonchev–Trinajstić information content (AvgIpc) is 3.01. The molecule has 0 saturated carbocycles. The van der Waals surface area contributed by atoms with Crippen LogP contribution in [0.1, 0.15) is 39.7 Å². The summed E-state index contributed by atoms with van der Waals surface area (Å²) in [6.07, 6.45) is -0.0302. The number of benzene rings is 1. The van der Waals surface area contributed by atoms with Crippen molar-refractivity contribution in [2.75, 3.05) is 19.6 Å². The number of likely N-dealkylation sites (N-methyl/N-ethyl adjacent to an activating group) is 1. The lowest BCUT2D eigenvalue weighted by Gasteiger charge is -2.23. The first-order chi connectivity index (χ1) is 11.0. The van der Waals surface area contributed by atoms with Gasteiger partial charge in [-0.2, -0.15) is 0 Å². The maximum absolute atomic E-state index is 12.5. The third-order valence-corrected chi connectivity index (χ3v) is 4.56. The Labute approximate surface area is 140 Å². The van der Waals surface area contributed by atoms with Crippen LogP contribution in [0.5, 0.6) is 0 Å². The third kappa shape index (κ3) is 4.60. The number of aromatic nitrogens is 1. The van der Waals surface area contributed by atoms with Crippen molar-refractivity contribution in [1.29, 1.82) is 0 Å². The summed E-state index contributed by atoms with van der Waals surface area (Å²) < 4.78 is 0. The average molecular weight is 333 g/mol. The molecule has 23 heavy (non-hydrogen) atoms. The molecule has 1 heterocycles. The molecule has 0 spiro atoms. The van der Waals surface area contributed by atoms with E-state index in [2.05, 4.69) is 4.98 Å². The second kappa shape index (κ2) is 8.19. The monoisotopic (exact) mass is 333 g/mol. The van der Waals surface area contributed by atoms with Gasteiger partial charge in [-0.25, -0.2) is 4.98 Å². The van der Waals surface area contributed by atoms with Gasteiger partial charge in [0.05, 0.1) is 17.7 Å². The minimum Gasteiger partial charge on any atom is -0.387 e. The number of hydrogen-bond donors (Lipinski definition) is 2. The first-order valence-electron chi connectivity index (χ1n) is 7.73. The van der Waals surface area contributed by atoms with E-state index in [0.717, 1.165) is 16.1 Å². The highest BCUT2D eigenvalue weighted by atomic mass is 32.1. The highest BCUT2D eigenvalue weighted by molar-refractivity contribution is 7.09. The highest BCUT2D eigenvalue weighted by Crippen LogP contribution is 2.17. The SMILES string of the molecule is CCN(CC(O)c1ccc(C)cc1)C(=O)c1csc(CCN)n1. The molecule has 0 fully saturated rings. The normalized spacial score (nSPS) is 12.2. The molecule has 1 unspecified atom stereocenters. The van der Waals surface area contributed by atoms with Gasteiger partial charge in [-0.1, -0.05) is 29.8 Å². The number of nitrogens with zero attached hydrogens (tertiary/aromatic N) is 2. The van der Waals surface area contributed by atoms with Crippen molar-refractivity contribution in [3.05, 3.63) is 51.5 Å². The van der Waals surface area contributed by atoms with Gasteiger partial charge in [-0.3, -0.25) is 4.79 Å². The molecule has 1 atom stereocenters. The van der Waals surface area contributed by atoms with Gasteiger partial charge >= 0.3 is 0 Å². The molecule has 0 bridgehead atoms. The van der Waals surface area contributed by atoms with Gasteiger partial charge in [0.25, 0.3) is 5.91 Å². The van der Waals surface area contributed by atoms with E-state index in [1.807, 2.05) is 38.1 Å². The Kier molecular flexibility index (Phi) is 6.27. The first kappa shape index (κ1) is 17.6. The van der Waals surface area contributed by atoms with Crippen molar-refractivity contribution in [3.63, 3.8) is 0 Å². The summed E-state index contributed by atoms with van der Waals surface area (Å²) in [5, 5.41) is 13.0. The Balaban J connectivity index is 2.05. The molecule has 124 valence electrons. The van der Waals surface area contributed by atoms with Crippen LogP contribution in [-0.2, 0) is 6.42 Å². The molecule has 1 amide bonds. The minimum atomic E-state index is -0.707. The van der Waals surface area contributed by atoms with Crippen LogP contribution in [0.25, 0.3) is 0 Å². The Morgan fingerprint density at radius 3 is 2.70 bits per heavy atom. The Hall–Kier alpha value is -1.76. The van der Waals surface area contributed by atoms with E-state index in [9.17, 15) is 9.90 Å². The van der Waals surface area contributed by atoms with Crippen molar-refractivity contribution < 1.29 is 9.90 Å². The van der Waals surface area contributed by atoms with E-state index >= 15 is 0 Å². The van der Waals surface area contributed by atoms with Crippen LogP contribution >= 0.6 is 11.3 Å². The largest absolute Gasteiger partial charge is 0.387 e. The fraction of sp³-hybridized carbons (Fsp3) is 0.412. The smallest absolute Gasteiger partial charge is 0.273 e. The molecule has 2 aromatic rings. The number of carbonyl (C=O) groups excluding carboxylic acids is 1. The molecule has 0 saturated heterocycles. The number of nitrogens with two attached hydrogens (primary N) is 1. The number of aliphatic hydroxyl groups is 1. The van der Waals surface area contributed by atoms with Crippen LogP contribution in [0.3, 0.4) is 0 Å². The summed E-state index contributed by atoms with van der Waals surface area (Å²) in [5.41, 5.74) is 7.89. The lowest BCUT2D eigenvalue weighted by atomic mass is 10.1. The molecular formula is C17H23N3O2S. The van der Waals surface area contributed by atoms with Gasteiger partial charge in [0, 0.05) is 18.3 Å². The van der Waals surface area contributed by atoms with Gasteiger partial charge in [-0.05, 0) is 26.0 Å². The zero-order valence-electron chi connectivity index (χ0n) is 13.5. The summed E-state index contributed by atoms with van der Waals surface area (Å²) in [4.78, 5) is 18.5. The molecule has 0 aliphatic carbocycles. The third-order valence-electron chi connectivity index (χ3n) is 3.65. The van der Waals surface area contributed by atoms with Crippen LogP contribution in [0, 0.1) is 6.92 Å². The summed E-state index contributed by atoms with van der Waals surface area (Å²) in [7, 11) is 0. The standard InChI is InChI=1S/C17H23N3O2S/c1-3-20(10-15(21)13-6-4-12(2)5-7-13)17(22)14-11-23-16(19-14)8-9-18/h4-7,11,15,21H,3,8-10,18H2,1-2H3. The topological polar surface area (TPSA) is 79.5 Å². The van der Waals surface area contributed by atoms with E-state index in [0.29, 0.717) is 25.2 Å². The fourth-order valence-electron chi connectivity index (χ4n) is 2.27. The van der Waals surface area contributed by atoms with Crippen molar-refractivity contribution >= 4 is 17.2 Å². The fourth-order valence-corrected chi connectivity index (χ4v) is 3.06. The van der Waals surface area contributed by atoms with Crippen molar-refractivity contribution in [2.24, 2.45) is 5.73 Å². The number of aliphatic hydroxyl groups excluding tert-OH is 1. The first-order valence-corrected chi connectivity index (χ1v) is 8.61. The molecule has 5 nitrogen and oxygen atoms in total. The molecule has 0 aliphatic heterocycles. The maximum atomic E-state index is 12.5. The quantitative estimate of drug-likeness (QED) is 0.814. The number of rotatable bonds is 7. The minimum absolute atomic E-state index is 0.154. The maximum Gasteiger partial charge on any atom is 0.273 e. The molecule has 0 radical (unpaired) electrons. The molecule has 0 aliphatic rings. The lowest BCUT2D eigenvalue weighted by Crippen LogP contribution is -2.34. The van der Waals surface area contributed by atoms with Crippen molar-refractivity contribution in [1.82, 2.24) is 9.88 Å². The zero-order valence-corrected chi connectivity index (χ0v) is 14.3. The lowest BCUT2D eigenvalue weighted by molar-refractivity contribution is 0.0630. The van der Waals surface area contributed by atoms with Gasteiger partial charge < -0.3 is 15.7 Å². The van der Waals surface area contributed by atoms with E-state index in [4.69, 9.17) is 5.73 Å². The number of amides is 1. The molecule has 6 heteroatoms. The summed E-state index contributed by atoms with van der Waals surface area (Å²) >= 11 is 1.45. The number of hydrogen-bond acceptors (Lipinski definition) is 5. The van der Waals surface area contributed by atoms with Crippen LogP contribution in [0.4, 0.5) is 0 Å². The molecule has 2 rings (SSSR count). The second-order valence-electron chi connectivity index (χ2n) is 5.44. The molecule has 1 aromatic heterocycles. The Bertz CT molecular complexity index is 640. The van der Waals surface area contributed by atoms with Gasteiger partial charge in [-0.15, -0.1) is 11.3 Å². The molecule has 3 N–H and O–H groups in total. The number of carbonyl (C=O) groups is 1. The predicted molar refractivity (Wildman–Crippen MR) is 92.6 cm³/mol. The molecule has 1 aromatic carbocycles. The second-order valence-corrected chi connectivity index (χ2v) is 6.38. The van der Waals surface area contributed by atoms with Crippen molar-refractivity contribution in [3.8, 4) is 0 Å². The van der Waals surface area contributed by atoms with Crippen LogP contribution in [0.2, 0.25) is 0 Å². The van der Waals surface area contributed by atoms with Crippen LogP contribution in [-0.4, -0.2) is 40.5 Å². The van der Waals surface area contributed by atoms with Gasteiger partial charge in [0.1, 0.15) is 5.69 Å². The predicted octanol–water partition coefficient (Wildman–Crippen LogP) is 2.15. The number of thiazole rings is 1. The zero-order chi connectivity index (χ0) is 16.8. The van der Waals surface area contributed by atoms with E-state index in [-0.39, 0.29) is 12.5 Å². The molecular weight excluding hydrogens is 310 g/mol. The van der Waals surface area contributed by atoms with Crippen LogP contribution < -0.4 is 5.73 Å².